The van der Waals surface area contributed by atoms with E-state index < -0.39 is 16.9 Å². The Labute approximate surface area is 161 Å². The van der Waals surface area contributed by atoms with E-state index in [9.17, 15) is 14.0 Å². The number of hydrogen-bond donors (Lipinski definition) is 0. The summed E-state index contributed by atoms with van der Waals surface area (Å²) in [5.41, 5.74) is 0.197. The molecule has 0 bridgehead atoms. The zero-order valence-electron chi connectivity index (χ0n) is 13.7. The molecule has 4 rings (SSSR count). The van der Waals surface area contributed by atoms with Crippen LogP contribution in [-0.2, 0) is 6.42 Å². The number of aromatic nitrogens is 3. The van der Waals surface area contributed by atoms with E-state index in [-0.39, 0.29) is 32.2 Å². The molecule has 0 aliphatic carbocycles. The van der Waals surface area contributed by atoms with Crippen LogP contribution in [0.5, 0.6) is 0 Å². The molecule has 0 unspecified atom stereocenters. The first-order chi connectivity index (χ1) is 13.0. The SMILES string of the molecule is O=c1nc2s/c(=C/c3c(F)cccc3Cl)c(=O)n2nc1Cc1ccccc1. The Balaban J connectivity index is 1.87. The van der Waals surface area contributed by atoms with Crippen molar-refractivity contribution in [1.82, 2.24) is 14.6 Å². The van der Waals surface area contributed by atoms with Crippen molar-refractivity contribution in [1.29, 1.82) is 0 Å². The van der Waals surface area contributed by atoms with Gasteiger partial charge in [-0.25, -0.2) is 4.39 Å². The molecule has 0 saturated carbocycles. The molecule has 4 aromatic rings. The van der Waals surface area contributed by atoms with Crippen LogP contribution in [0, 0.1) is 5.82 Å². The van der Waals surface area contributed by atoms with Gasteiger partial charge < -0.3 is 0 Å². The van der Waals surface area contributed by atoms with Gasteiger partial charge in [-0.3, -0.25) is 9.59 Å². The minimum atomic E-state index is -0.542. The number of hydrogen-bond acceptors (Lipinski definition) is 5. The molecule has 2 aromatic carbocycles. The van der Waals surface area contributed by atoms with Crippen molar-refractivity contribution >= 4 is 34.0 Å². The van der Waals surface area contributed by atoms with E-state index in [1.165, 1.54) is 24.3 Å². The maximum absolute atomic E-state index is 14.0. The van der Waals surface area contributed by atoms with E-state index in [4.69, 9.17) is 11.6 Å². The molecule has 0 amide bonds. The third-order valence-corrected chi connectivity index (χ3v) is 5.23. The van der Waals surface area contributed by atoms with Gasteiger partial charge in [0.15, 0.2) is 0 Å². The van der Waals surface area contributed by atoms with Crippen molar-refractivity contribution in [3.63, 3.8) is 0 Å². The van der Waals surface area contributed by atoms with Crippen LogP contribution >= 0.6 is 22.9 Å². The summed E-state index contributed by atoms with van der Waals surface area (Å²) < 4.78 is 15.3. The highest BCUT2D eigenvalue weighted by atomic mass is 35.5. The first kappa shape index (κ1) is 17.5. The van der Waals surface area contributed by atoms with Crippen LogP contribution < -0.4 is 15.7 Å². The van der Waals surface area contributed by atoms with E-state index in [1.54, 1.807) is 0 Å². The van der Waals surface area contributed by atoms with Crippen LogP contribution in [0.25, 0.3) is 11.0 Å². The van der Waals surface area contributed by atoms with E-state index >= 15 is 0 Å². The van der Waals surface area contributed by atoms with Gasteiger partial charge in [0.1, 0.15) is 11.5 Å². The topological polar surface area (TPSA) is 64.3 Å². The molecule has 0 aliphatic rings. The molecule has 2 heterocycles. The van der Waals surface area contributed by atoms with Crippen LogP contribution in [0.4, 0.5) is 4.39 Å². The Morgan fingerprint density at radius 1 is 1.11 bits per heavy atom. The van der Waals surface area contributed by atoms with Gasteiger partial charge in [0, 0.05) is 12.0 Å². The highest BCUT2D eigenvalue weighted by molar-refractivity contribution is 7.15. The maximum Gasteiger partial charge on any atom is 0.296 e. The molecule has 0 saturated heterocycles. The molecule has 0 radical (unpaired) electrons. The van der Waals surface area contributed by atoms with Crippen molar-refractivity contribution in [3.05, 3.63) is 101 Å². The fraction of sp³-hybridized carbons (Fsp3) is 0.0526. The highest BCUT2D eigenvalue weighted by Gasteiger charge is 2.12. The molecular formula is C19H11ClFN3O2S. The predicted molar refractivity (Wildman–Crippen MR) is 103 cm³/mol. The lowest BCUT2D eigenvalue weighted by atomic mass is 10.1. The number of fused-ring (bicyclic) bond motifs is 1. The third kappa shape index (κ3) is 3.39. The normalized spacial score (nSPS) is 12.0. The molecule has 0 N–H and O–H groups in total. The van der Waals surface area contributed by atoms with Gasteiger partial charge in [0.2, 0.25) is 4.96 Å². The lowest BCUT2D eigenvalue weighted by Crippen LogP contribution is -2.28. The van der Waals surface area contributed by atoms with E-state index in [0.717, 1.165) is 21.4 Å². The second-order valence-corrected chi connectivity index (χ2v) is 7.19. The highest BCUT2D eigenvalue weighted by Crippen LogP contribution is 2.19. The van der Waals surface area contributed by atoms with Gasteiger partial charge in [-0.05, 0) is 23.8 Å². The standard InChI is InChI=1S/C19H11ClFN3O2S/c20-13-7-4-8-14(21)12(13)10-16-18(26)24-19(27-16)22-17(25)15(23-24)9-11-5-2-1-3-6-11/h1-8,10H,9H2/b16-10+. The molecular weight excluding hydrogens is 389 g/mol. The van der Waals surface area contributed by atoms with E-state index in [2.05, 4.69) is 10.1 Å². The smallest absolute Gasteiger partial charge is 0.266 e. The molecule has 0 atom stereocenters. The van der Waals surface area contributed by atoms with Gasteiger partial charge in [-0.2, -0.15) is 14.6 Å². The number of nitrogens with zero attached hydrogens (tertiary/aromatic N) is 3. The molecule has 0 fully saturated rings. The first-order valence-corrected chi connectivity index (χ1v) is 9.15. The molecule has 134 valence electrons. The molecule has 0 aliphatic heterocycles. The van der Waals surface area contributed by atoms with E-state index in [1.807, 2.05) is 30.3 Å². The first-order valence-electron chi connectivity index (χ1n) is 7.95. The van der Waals surface area contributed by atoms with E-state index in [0.29, 0.717) is 0 Å². The third-order valence-electron chi connectivity index (χ3n) is 3.94. The summed E-state index contributed by atoms with van der Waals surface area (Å²) in [7, 11) is 0. The summed E-state index contributed by atoms with van der Waals surface area (Å²) in [5, 5.41) is 4.36. The predicted octanol–water partition coefficient (Wildman–Crippen LogP) is 2.44. The van der Waals surface area contributed by atoms with Gasteiger partial charge >= 0.3 is 0 Å². The minimum absolute atomic E-state index is 0.107. The average molecular weight is 400 g/mol. The van der Waals surface area contributed by atoms with Gasteiger partial charge in [0.25, 0.3) is 11.1 Å². The van der Waals surface area contributed by atoms with Crippen LogP contribution in [0.3, 0.4) is 0 Å². The Morgan fingerprint density at radius 2 is 1.89 bits per heavy atom. The van der Waals surface area contributed by atoms with Crippen molar-refractivity contribution < 1.29 is 4.39 Å². The minimum Gasteiger partial charge on any atom is -0.266 e. The fourth-order valence-corrected chi connectivity index (χ4v) is 3.72. The Kier molecular flexibility index (Phi) is 4.55. The largest absolute Gasteiger partial charge is 0.296 e. The molecule has 0 spiro atoms. The molecule has 27 heavy (non-hydrogen) atoms. The lowest BCUT2D eigenvalue weighted by Gasteiger charge is -1.99. The number of benzene rings is 2. The zero-order valence-corrected chi connectivity index (χ0v) is 15.3. The quantitative estimate of drug-likeness (QED) is 0.531. The van der Waals surface area contributed by atoms with Crippen molar-refractivity contribution in [2.75, 3.05) is 0 Å². The lowest BCUT2D eigenvalue weighted by molar-refractivity contribution is 0.625. The Bertz CT molecular complexity index is 1300. The monoisotopic (exact) mass is 399 g/mol. The van der Waals surface area contributed by atoms with Gasteiger partial charge in [0.05, 0.1) is 9.55 Å². The molecule has 8 heteroatoms. The average Bonchev–Trinajstić information content (AvgIpc) is 2.94. The summed E-state index contributed by atoms with van der Waals surface area (Å²) in [6.45, 7) is 0. The Morgan fingerprint density at radius 3 is 2.63 bits per heavy atom. The van der Waals surface area contributed by atoms with Crippen LogP contribution in [0.1, 0.15) is 16.8 Å². The zero-order chi connectivity index (χ0) is 19.0. The van der Waals surface area contributed by atoms with Crippen molar-refractivity contribution in [3.8, 4) is 0 Å². The summed E-state index contributed by atoms with van der Waals surface area (Å²) in [4.78, 5) is 29.0. The summed E-state index contributed by atoms with van der Waals surface area (Å²) in [6, 6.07) is 13.6. The van der Waals surface area contributed by atoms with Crippen molar-refractivity contribution in [2.24, 2.45) is 0 Å². The second-order valence-electron chi connectivity index (χ2n) is 5.77. The maximum atomic E-state index is 14.0. The molecule has 5 nitrogen and oxygen atoms in total. The van der Waals surface area contributed by atoms with Crippen LogP contribution in [0.2, 0.25) is 5.02 Å². The number of thiazole rings is 1. The van der Waals surface area contributed by atoms with Gasteiger partial charge in [-0.1, -0.05) is 59.3 Å². The summed E-state index contributed by atoms with van der Waals surface area (Å²) >= 11 is 6.98. The fourth-order valence-electron chi connectivity index (χ4n) is 2.62. The van der Waals surface area contributed by atoms with Crippen LogP contribution in [0.15, 0.2) is 58.1 Å². The second kappa shape index (κ2) is 7.02. The number of halogens is 2. The van der Waals surface area contributed by atoms with Gasteiger partial charge in [-0.15, -0.1) is 0 Å². The van der Waals surface area contributed by atoms with Crippen molar-refractivity contribution in [2.45, 2.75) is 6.42 Å². The number of rotatable bonds is 3. The van der Waals surface area contributed by atoms with Crippen LogP contribution in [-0.4, -0.2) is 14.6 Å². The summed E-state index contributed by atoms with van der Waals surface area (Å²) in [5.74, 6) is -0.542. The Hall–Kier alpha value is -2.90. The molecule has 2 aromatic heterocycles. The summed E-state index contributed by atoms with van der Waals surface area (Å²) in [6.07, 6.45) is 1.62.